The number of halogens is 1. The molecule has 5 rings (SSSR count). The highest BCUT2D eigenvalue weighted by molar-refractivity contribution is 5.46. The summed E-state index contributed by atoms with van der Waals surface area (Å²) in [5.41, 5.74) is 3.33. The molecule has 3 aliphatic rings. The standard InChI is InChI=1S/C23H26FNO/c1-25-12-11-23-10-3-2-7-20(23)22(25)13-16-8-9-19(15-21(16)23)26-18-6-4-5-17(24)14-18/h4-6,8-9,14-15,20,22H,2-3,7,10-13H2,1H3/t20-,22+,23+/m0/s1. The first-order valence-corrected chi connectivity index (χ1v) is 9.93. The summed E-state index contributed by atoms with van der Waals surface area (Å²) in [6.07, 6.45) is 7.76. The molecule has 3 atom stereocenters. The lowest BCUT2D eigenvalue weighted by atomic mass is 9.52. The van der Waals surface area contributed by atoms with Crippen LogP contribution in [0.4, 0.5) is 4.39 Å². The zero-order valence-electron chi connectivity index (χ0n) is 15.4. The largest absolute Gasteiger partial charge is 0.457 e. The number of ether oxygens (including phenoxy) is 1. The minimum Gasteiger partial charge on any atom is -0.457 e. The van der Waals surface area contributed by atoms with E-state index in [1.54, 1.807) is 6.07 Å². The van der Waals surface area contributed by atoms with E-state index in [0.717, 1.165) is 18.1 Å². The number of nitrogens with zero attached hydrogens (tertiary/aromatic N) is 1. The van der Waals surface area contributed by atoms with Crippen molar-refractivity contribution in [2.45, 2.75) is 50.0 Å². The molecular weight excluding hydrogens is 325 g/mol. The van der Waals surface area contributed by atoms with Crippen molar-refractivity contribution >= 4 is 0 Å². The average molecular weight is 351 g/mol. The predicted octanol–water partition coefficient (Wildman–Crippen LogP) is 5.31. The number of likely N-dealkylation sites (tertiary alicyclic amines) is 1. The molecule has 0 radical (unpaired) electrons. The van der Waals surface area contributed by atoms with Crippen molar-refractivity contribution in [3.8, 4) is 11.5 Å². The minimum atomic E-state index is -0.260. The van der Waals surface area contributed by atoms with Gasteiger partial charge in [-0.3, -0.25) is 0 Å². The molecule has 1 saturated carbocycles. The van der Waals surface area contributed by atoms with Gasteiger partial charge in [0, 0.05) is 17.5 Å². The summed E-state index contributed by atoms with van der Waals surface area (Å²) in [6.45, 7) is 1.19. The van der Waals surface area contributed by atoms with Crippen LogP contribution in [0.15, 0.2) is 42.5 Å². The van der Waals surface area contributed by atoms with E-state index in [1.807, 2.05) is 6.07 Å². The molecule has 3 heteroatoms. The predicted molar refractivity (Wildman–Crippen MR) is 101 cm³/mol. The Morgan fingerprint density at radius 1 is 1.08 bits per heavy atom. The topological polar surface area (TPSA) is 12.5 Å². The van der Waals surface area contributed by atoms with Gasteiger partial charge < -0.3 is 9.64 Å². The normalized spacial score (nSPS) is 30.4. The van der Waals surface area contributed by atoms with E-state index in [0.29, 0.717) is 17.2 Å². The molecule has 136 valence electrons. The SMILES string of the molecule is CN1CC[C@]23CCCC[C@H]2[C@H]1Cc1ccc(Oc2cccc(F)c2)cc13. The third kappa shape index (κ3) is 2.48. The number of likely N-dealkylation sites (N-methyl/N-ethyl adjacent to an activating group) is 1. The summed E-state index contributed by atoms with van der Waals surface area (Å²) in [5.74, 6) is 1.92. The van der Waals surface area contributed by atoms with Gasteiger partial charge >= 0.3 is 0 Å². The average Bonchev–Trinajstić information content (AvgIpc) is 2.65. The van der Waals surface area contributed by atoms with Crippen LogP contribution >= 0.6 is 0 Å². The zero-order chi connectivity index (χ0) is 17.7. The van der Waals surface area contributed by atoms with Crippen molar-refractivity contribution in [2.75, 3.05) is 13.6 Å². The van der Waals surface area contributed by atoms with Crippen molar-refractivity contribution in [1.29, 1.82) is 0 Å². The summed E-state index contributed by atoms with van der Waals surface area (Å²) >= 11 is 0. The molecular formula is C23H26FNO. The number of benzene rings is 2. The maximum atomic E-state index is 13.5. The highest BCUT2D eigenvalue weighted by atomic mass is 19.1. The Labute approximate surface area is 155 Å². The molecule has 0 amide bonds. The van der Waals surface area contributed by atoms with Gasteiger partial charge in [-0.05, 0) is 80.6 Å². The lowest BCUT2D eigenvalue weighted by Gasteiger charge is -2.58. The molecule has 1 saturated heterocycles. The third-order valence-corrected chi connectivity index (χ3v) is 7.12. The maximum absolute atomic E-state index is 13.5. The van der Waals surface area contributed by atoms with Crippen molar-refractivity contribution in [3.05, 3.63) is 59.4 Å². The summed E-state index contributed by atoms with van der Waals surface area (Å²) in [4.78, 5) is 2.59. The summed E-state index contributed by atoms with van der Waals surface area (Å²) in [7, 11) is 2.30. The van der Waals surface area contributed by atoms with Gasteiger partial charge in [-0.2, -0.15) is 0 Å². The van der Waals surface area contributed by atoms with Crippen LogP contribution in [-0.2, 0) is 11.8 Å². The summed E-state index contributed by atoms with van der Waals surface area (Å²) < 4.78 is 19.5. The van der Waals surface area contributed by atoms with Gasteiger partial charge in [0.15, 0.2) is 0 Å². The molecule has 2 aromatic carbocycles. The monoisotopic (exact) mass is 351 g/mol. The zero-order valence-corrected chi connectivity index (χ0v) is 15.4. The third-order valence-electron chi connectivity index (χ3n) is 7.12. The fraction of sp³-hybridized carbons (Fsp3) is 0.478. The quantitative estimate of drug-likeness (QED) is 0.727. The molecule has 0 aromatic heterocycles. The smallest absolute Gasteiger partial charge is 0.130 e. The van der Waals surface area contributed by atoms with E-state index in [4.69, 9.17) is 4.74 Å². The lowest BCUT2D eigenvalue weighted by Crippen LogP contribution is -2.59. The number of hydrogen-bond acceptors (Lipinski definition) is 2. The Morgan fingerprint density at radius 2 is 1.96 bits per heavy atom. The van der Waals surface area contributed by atoms with Crippen LogP contribution in [0.25, 0.3) is 0 Å². The molecule has 0 spiro atoms. The number of rotatable bonds is 2. The molecule has 1 heterocycles. The second kappa shape index (κ2) is 6.09. The van der Waals surface area contributed by atoms with Crippen LogP contribution in [0.5, 0.6) is 11.5 Å². The van der Waals surface area contributed by atoms with Crippen LogP contribution in [0, 0.1) is 11.7 Å². The molecule has 0 unspecified atom stereocenters. The van der Waals surface area contributed by atoms with Crippen LogP contribution in [0.3, 0.4) is 0 Å². The van der Waals surface area contributed by atoms with Gasteiger partial charge in [0.05, 0.1) is 0 Å². The fourth-order valence-corrected chi connectivity index (χ4v) is 5.91. The van der Waals surface area contributed by atoms with Crippen LogP contribution in [0.1, 0.15) is 43.2 Å². The Hall–Kier alpha value is -1.87. The van der Waals surface area contributed by atoms with Gasteiger partial charge in [-0.25, -0.2) is 4.39 Å². The van der Waals surface area contributed by atoms with Crippen molar-refractivity contribution in [3.63, 3.8) is 0 Å². The maximum Gasteiger partial charge on any atom is 0.130 e. The van der Waals surface area contributed by atoms with E-state index < -0.39 is 0 Å². The highest BCUT2D eigenvalue weighted by Crippen LogP contribution is 2.56. The molecule has 2 fully saturated rings. The number of hydrogen-bond donors (Lipinski definition) is 0. The Kier molecular flexibility index (Phi) is 3.82. The van der Waals surface area contributed by atoms with Gasteiger partial charge in [0.1, 0.15) is 17.3 Å². The van der Waals surface area contributed by atoms with Crippen LogP contribution in [-0.4, -0.2) is 24.5 Å². The van der Waals surface area contributed by atoms with Crippen LogP contribution < -0.4 is 4.74 Å². The van der Waals surface area contributed by atoms with E-state index >= 15 is 0 Å². The Morgan fingerprint density at radius 3 is 2.85 bits per heavy atom. The van der Waals surface area contributed by atoms with Crippen molar-refractivity contribution in [2.24, 2.45) is 5.92 Å². The number of fused-ring (bicyclic) bond motifs is 1. The molecule has 1 aliphatic heterocycles. The molecule has 2 aromatic rings. The van der Waals surface area contributed by atoms with Crippen molar-refractivity contribution in [1.82, 2.24) is 4.90 Å². The Balaban J connectivity index is 1.55. The second-order valence-corrected chi connectivity index (χ2v) is 8.39. The van der Waals surface area contributed by atoms with Crippen LogP contribution in [0.2, 0.25) is 0 Å². The second-order valence-electron chi connectivity index (χ2n) is 8.39. The molecule has 2 nitrogen and oxygen atoms in total. The Bertz CT molecular complexity index is 835. The van der Waals surface area contributed by atoms with Gasteiger partial charge in [-0.1, -0.05) is 25.0 Å². The van der Waals surface area contributed by atoms with E-state index in [9.17, 15) is 4.39 Å². The molecule has 2 aliphatic carbocycles. The van der Waals surface area contributed by atoms with Gasteiger partial charge in [0.2, 0.25) is 0 Å². The van der Waals surface area contributed by atoms with E-state index in [2.05, 4.69) is 30.1 Å². The van der Waals surface area contributed by atoms with Crippen molar-refractivity contribution < 1.29 is 9.13 Å². The number of piperidine rings is 1. The van der Waals surface area contributed by atoms with Gasteiger partial charge in [-0.15, -0.1) is 0 Å². The first kappa shape index (κ1) is 16.3. The summed E-state index contributed by atoms with van der Waals surface area (Å²) in [5, 5.41) is 0. The lowest BCUT2D eigenvalue weighted by molar-refractivity contribution is 0.00276. The van der Waals surface area contributed by atoms with Gasteiger partial charge in [0.25, 0.3) is 0 Å². The summed E-state index contributed by atoms with van der Waals surface area (Å²) in [6, 6.07) is 13.7. The highest BCUT2D eigenvalue weighted by Gasteiger charge is 2.53. The first-order chi connectivity index (χ1) is 12.7. The fourth-order valence-electron chi connectivity index (χ4n) is 5.91. The minimum absolute atomic E-state index is 0.260. The molecule has 0 N–H and O–H groups in total. The van der Waals surface area contributed by atoms with E-state index in [-0.39, 0.29) is 5.82 Å². The molecule has 2 bridgehead atoms. The molecule has 26 heavy (non-hydrogen) atoms. The first-order valence-electron chi connectivity index (χ1n) is 9.93. The van der Waals surface area contributed by atoms with E-state index in [1.165, 1.54) is 61.9 Å².